The molecule has 3 heteroatoms. The Kier molecular flexibility index (Phi) is 3.67. The van der Waals surface area contributed by atoms with Gasteiger partial charge in [-0.2, -0.15) is 5.26 Å². The zero-order valence-electron chi connectivity index (χ0n) is 11.2. The smallest absolute Gasteiger partial charge is 0.127 e. The highest BCUT2D eigenvalue weighted by Gasteiger charge is 2.16. The average Bonchev–Trinajstić information content (AvgIpc) is 3.03. The molecule has 0 spiro atoms. The molecule has 1 aliphatic heterocycles. The molecule has 0 amide bonds. The molecule has 1 fully saturated rings. The Bertz CT molecular complexity index is 622. The van der Waals surface area contributed by atoms with Crippen molar-refractivity contribution in [1.29, 1.82) is 5.26 Å². The summed E-state index contributed by atoms with van der Waals surface area (Å²) in [5.41, 5.74) is 1.96. The van der Waals surface area contributed by atoms with E-state index in [9.17, 15) is 0 Å². The molecule has 20 heavy (non-hydrogen) atoms. The summed E-state index contributed by atoms with van der Waals surface area (Å²) in [5, 5.41) is 12.2. The van der Waals surface area contributed by atoms with Gasteiger partial charge in [-0.1, -0.05) is 12.1 Å². The first-order valence-electron chi connectivity index (χ1n) is 6.84. The lowest BCUT2D eigenvalue weighted by atomic mass is 9.98. The lowest BCUT2D eigenvalue weighted by molar-refractivity contribution is 0.481. The summed E-state index contributed by atoms with van der Waals surface area (Å²) in [4.78, 5) is 0. The molecule has 1 heterocycles. The van der Waals surface area contributed by atoms with Gasteiger partial charge in [-0.25, -0.2) is 0 Å². The molecule has 2 aromatic rings. The zero-order valence-corrected chi connectivity index (χ0v) is 11.2. The predicted octanol–water partition coefficient (Wildman–Crippen LogP) is 3.43. The van der Waals surface area contributed by atoms with Crippen LogP contribution in [0.25, 0.3) is 0 Å². The molecule has 3 rings (SSSR count). The third-order valence-corrected chi connectivity index (χ3v) is 3.61. The van der Waals surface area contributed by atoms with Crippen molar-refractivity contribution in [1.82, 2.24) is 5.32 Å². The van der Waals surface area contributed by atoms with Crippen LogP contribution in [0.1, 0.15) is 23.5 Å². The van der Waals surface area contributed by atoms with Gasteiger partial charge >= 0.3 is 0 Å². The first-order valence-corrected chi connectivity index (χ1v) is 6.84. The predicted molar refractivity (Wildman–Crippen MR) is 77.9 cm³/mol. The van der Waals surface area contributed by atoms with Crippen molar-refractivity contribution in [3.63, 3.8) is 0 Å². The third-order valence-electron chi connectivity index (χ3n) is 3.61. The van der Waals surface area contributed by atoms with E-state index in [4.69, 9.17) is 10.00 Å². The second-order valence-electron chi connectivity index (χ2n) is 5.00. The molecule has 1 N–H and O–H groups in total. The summed E-state index contributed by atoms with van der Waals surface area (Å²) < 4.78 is 5.85. The standard InChI is InChI=1S/C17H16N2O/c18-11-13-4-6-16(7-5-13)20-17-3-1-2-14(10-17)15-8-9-19-12-15/h1-7,10,15,19H,8-9,12H2. The molecule has 0 bridgehead atoms. The maximum Gasteiger partial charge on any atom is 0.127 e. The van der Waals surface area contributed by atoms with Gasteiger partial charge in [0, 0.05) is 6.54 Å². The minimum atomic E-state index is 0.583. The fourth-order valence-corrected chi connectivity index (χ4v) is 2.50. The van der Waals surface area contributed by atoms with Crippen LogP contribution in [-0.2, 0) is 0 Å². The third kappa shape index (κ3) is 2.81. The van der Waals surface area contributed by atoms with Gasteiger partial charge in [0.25, 0.3) is 0 Å². The highest BCUT2D eigenvalue weighted by molar-refractivity contribution is 5.39. The Balaban J connectivity index is 1.76. The Hall–Kier alpha value is -2.31. The number of nitriles is 1. The van der Waals surface area contributed by atoms with Crippen molar-refractivity contribution < 1.29 is 4.74 Å². The molecule has 1 atom stereocenters. The average molecular weight is 264 g/mol. The molecule has 3 nitrogen and oxygen atoms in total. The SMILES string of the molecule is N#Cc1ccc(Oc2cccc(C3CCNC3)c2)cc1. The second-order valence-corrected chi connectivity index (χ2v) is 5.00. The van der Waals surface area contributed by atoms with Crippen molar-refractivity contribution in [2.75, 3.05) is 13.1 Å². The monoisotopic (exact) mass is 264 g/mol. The summed E-state index contributed by atoms with van der Waals surface area (Å²) in [6.07, 6.45) is 1.18. The van der Waals surface area contributed by atoms with E-state index in [2.05, 4.69) is 23.5 Å². The minimum absolute atomic E-state index is 0.583. The summed E-state index contributed by atoms with van der Waals surface area (Å²) in [5.74, 6) is 2.18. The van der Waals surface area contributed by atoms with Gasteiger partial charge in [0.1, 0.15) is 11.5 Å². The van der Waals surface area contributed by atoms with Crippen molar-refractivity contribution in [3.8, 4) is 17.6 Å². The van der Waals surface area contributed by atoms with Crippen molar-refractivity contribution in [2.24, 2.45) is 0 Å². The number of ether oxygens (including phenoxy) is 1. The van der Waals surface area contributed by atoms with Gasteiger partial charge in [-0.05, 0) is 60.8 Å². The van der Waals surface area contributed by atoms with Gasteiger partial charge in [0.15, 0.2) is 0 Å². The molecule has 1 aliphatic rings. The number of hydrogen-bond acceptors (Lipinski definition) is 3. The van der Waals surface area contributed by atoms with Crippen LogP contribution in [0.3, 0.4) is 0 Å². The Morgan fingerprint density at radius 2 is 1.95 bits per heavy atom. The van der Waals surface area contributed by atoms with E-state index < -0.39 is 0 Å². The molecular weight excluding hydrogens is 248 g/mol. The quantitative estimate of drug-likeness (QED) is 0.923. The van der Waals surface area contributed by atoms with Gasteiger partial charge in [0.2, 0.25) is 0 Å². The number of benzene rings is 2. The van der Waals surface area contributed by atoms with Crippen LogP contribution in [0.4, 0.5) is 0 Å². The van der Waals surface area contributed by atoms with Crippen LogP contribution < -0.4 is 10.1 Å². The minimum Gasteiger partial charge on any atom is -0.457 e. The van der Waals surface area contributed by atoms with Crippen LogP contribution in [0.5, 0.6) is 11.5 Å². The summed E-state index contributed by atoms with van der Waals surface area (Å²) >= 11 is 0. The lowest BCUT2D eigenvalue weighted by Gasteiger charge is -2.11. The van der Waals surface area contributed by atoms with Crippen molar-refractivity contribution in [3.05, 3.63) is 59.7 Å². The van der Waals surface area contributed by atoms with E-state index in [0.29, 0.717) is 11.5 Å². The first kappa shape index (κ1) is 12.7. The number of nitrogens with zero attached hydrogens (tertiary/aromatic N) is 1. The number of hydrogen-bond donors (Lipinski definition) is 1. The summed E-state index contributed by atoms with van der Waals surface area (Å²) in [7, 11) is 0. The molecule has 0 radical (unpaired) electrons. The fraction of sp³-hybridized carbons (Fsp3) is 0.235. The van der Waals surface area contributed by atoms with Crippen LogP contribution in [-0.4, -0.2) is 13.1 Å². The highest BCUT2D eigenvalue weighted by Crippen LogP contribution is 2.28. The topological polar surface area (TPSA) is 45.0 Å². The van der Waals surface area contributed by atoms with Crippen LogP contribution in [0.15, 0.2) is 48.5 Å². The van der Waals surface area contributed by atoms with E-state index in [0.717, 1.165) is 24.6 Å². The van der Waals surface area contributed by atoms with Crippen molar-refractivity contribution >= 4 is 0 Å². The molecule has 100 valence electrons. The van der Waals surface area contributed by atoms with E-state index in [1.165, 1.54) is 12.0 Å². The molecule has 0 aromatic heterocycles. The van der Waals surface area contributed by atoms with Crippen LogP contribution in [0.2, 0.25) is 0 Å². The van der Waals surface area contributed by atoms with E-state index in [-0.39, 0.29) is 0 Å². The highest BCUT2D eigenvalue weighted by atomic mass is 16.5. The van der Waals surface area contributed by atoms with Gasteiger partial charge in [-0.3, -0.25) is 0 Å². The molecule has 0 saturated carbocycles. The largest absolute Gasteiger partial charge is 0.457 e. The zero-order chi connectivity index (χ0) is 13.8. The number of rotatable bonds is 3. The Morgan fingerprint density at radius 1 is 1.10 bits per heavy atom. The molecule has 0 aliphatic carbocycles. The molecule has 1 unspecified atom stereocenters. The maximum absolute atomic E-state index is 8.78. The number of nitrogens with one attached hydrogen (secondary N) is 1. The molecular formula is C17H16N2O. The Labute approximate surface area is 118 Å². The summed E-state index contributed by atoms with van der Waals surface area (Å²) in [6, 6.07) is 17.5. The van der Waals surface area contributed by atoms with Crippen molar-refractivity contribution in [2.45, 2.75) is 12.3 Å². The van der Waals surface area contributed by atoms with E-state index in [1.807, 2.05) is 24.3 Å². The molecule has 1 saturated heterocycles. The fourth-order valence-electron chi connectivity index (χ4n) is 2.50. The van der Waals surface area contributed by atoms with Gasteiger partial charge in [-0.15, -0.1) is 0 Å². The first-order chi connectivity index (χ1) is 9.85. The van der Waals surface area contributed by atoms with E-state index >= 15 is 0 Å². The normalized spacial score (nSPS) is 17.6. The maximum atomic E-state index is 8.78. The van der Waals surface area contributed by atoms with Gasteiger partial charge < -0.3 is 10.1 Å². The summed E-state index contributed by atoms with van der Waals surface area (Å²) in [6.45, 7) is 2.13. The van der Waals surface area contributed by atoms with Gasteiger partial charge in [0.05, 0.1) is 11.6 Å². The molecule has 2 aromatic carbocycles. The second kappa shape index (κ2) is 5.77. The van der Waals surface area contributed by atoms with E-state index in [1.54, 1.807) is 12.1 Å². The van der Waals surface area contributed by atoms with Crippen LogP contribution >= 0.6 is 0 Å². The Morgan fingerprint density at radius 3 is 2.65 bits per heavy atom. The lowest BCUT2D eigenvalue weighted by Crippen LogP contribution is -2.07. The van der Waals surface area contributed by atoms with Crippen LogP contribution in [0, 0.1) is 11.3 Å².